The van der Waals surface area contributed by atoms with Gasteiger partial charge in [-0.1, -0.05) is 23.7 Å². The van der Waals surface area contributed by atoms with E-state index in [0.717, 1.165) is 5.56 Å². The molecular weight excluding hydrogens is 458 g/mol. The molecule has 0 heterocycles. The van der Waals surface area contributed by atoms with E-state index in [4.69, 9.17) is 16.3 Å². The molecule has 172 valence electrons. The van der Waals surface area contributed by atoms with E-state index in [1.165, 1.54) is 38.1 Å². The monoisotopic (exact) mass is 481 g/mol. The summed E-state index contributed by atoms with van der Waals surface area (Å²) in [5, 5.41) is 5.73. The molecule has 0 bridgehead atoms. The first-order valence-electron chi connectivity index (χ1n) is 9.64. The minimum absolute atomic E-state index is 0.0926. The van der Waals surface area contributed by atoms with Gasteiger partial charge in [-0.15, -0.1) is 0 Å². The second-order valence-electron chi connectivity index (χ2n) is 6.89. The highest BCUT2D eigenvalue weighted by atomic mass is 35.5. The molecule has 0 aromatic heterocycles. The van der Waals surface area contributed by atoms with Crippen LogP contribution in [0.1, 0.15) is 19.4 Å². The number of esters is 1. The van der Waals surface area contributed by atoms with Crippen LogP contribution in [0.2, 0.25) is 5.02 Å². The van der Waals surface area contributed by atoms with Crippen LogP contribution in [-0.2, 0) is 35.6 Å². The number of halogens is 1. The molecule has 1 unspecified atom stereocenters. The summed E-state index contributed by atoms with van der Waals surface area (Å²) >= 11 is 5.90. The lowest BCUT2D eigenvalue weighted by molar-refractivity contribution is -0.149. The predicted molar refractivity (Wildman–Crippen MR) is 120 cm³/mol. The van der Waals surface area contributed by atoms with Crippen LogP contribution in [0.25, 0.3) is 0 Å². The van der Waals surface area contributed by atoms with Crippen LogP contribution in [0.15, 0.2) is 53.4 Å². The zero-order valence-electron chi connectivity index (χ0n) is 17.6. The number of hydrogen-bond acceptors (Lipinski definition) is 6. The van der Waals surface area contributed by atoms with Crippen LogP contribution in [-0.4, -0.2) is 45.4 Å². The third-order valence-corrected chi connectivity index (χ3v) is 5.93. The fourth-order valence-electron chi connectivity index (χ4n) is 2.62. The molecule has 32 heavy (non-hydrogen) atoms. The minimum atomic E-state index is -4.01. The fraction of sp³-hybridized carbons (Fsp3) is 0.286. The highest BCUT2D eigenvalue weighted by Crippen LogP contribution is 2.14. The third-order valence-electron chi connectivity index (χ3n) is 4.14. The van der Waals surface area contributed by atoms with Crippen molar-refractivity contribution in [1.29, 1.82) is 0 Å². The number of benzene rings is 2. The Balaban J connectivity index is 1.78. The number of sulfonamides is 1. The lowest BCUT2D eigenvalue weighted by Crippen LogP contribution is -2.41. The van der Waals surface area contributed by atoms with Crippen molar-refractivity contribution in [2.75, 3.05) is 18.5 Å². The average molecular weight is 482 g/mol. The van der Waals surface area contributed by atoms with Crippen molar-refractivity contribution < 1.29 is 27.5 Å². The Morgan fingerprint density at radius 2 is 1.78 bits per heavy atom. The summed E-state index contributed by atoms with van der Waals surface area (Å²) < 4.78 is 31.9. The Hall–Kier alpha value is -2.95. The Morgan fingerprint density at radius 3 is 2.41 bits per heavy atom. The van der Waals surface area contributed by atoms with Gasteiger partial charge in [0.05, 0.1) is 4.90 Å². The van der Waals surface area contributed by atoms with Crippen LogP contribution in [0.5, 0.6) is 0 Å². The fourth-order valence-corrected chi connectivity index (χ4v) is 4.03. The Labute approximate surface area is 191 Å². The lowest BCUT2D eigenvalue weighted by atomic mass is 10.1. The first-order chi connectivity index (χ1) is 15.1. The van der Waals surface area contributed by atoms with Gasteiger partial charge < -0.3 is 15.4 Å². The molecule has 0 radical (unpaired) electrons. The summed E-state index contributed by atoms with van der Waals surface area (Å²) in [5.74, 6) is -1.69. The smallest absolute Gasteiger partial charge is 0.324 e. The normalized spacial score (nSPS) is 12.0. The second-order valence-corrected chi connectivity index (χ2v) is 9.04. The van der Waals surface area contributed by atoms with E-state index < -0.39 is 34.5 Å². The summed E-state index contributed by atoms with van der Waals surface area (Å²) in [5.41, 5.74) is 1.38. The van der Waals surface area contributed by atoms with Gasteiger partial charge in [-0.3, -0.25) is 14.4 Å². The molecule has 0 fully saturated rings. The molecule has 1 atom stereocenters. The Bertz CT molecular complexity index is 1070. The predicted octanol–water partition coefficient (Wildman–Crippen LogP) is 1.87. The van der Waals surface area contributed by atoms with Gasteiger partial charge in [0.15, 0.2) is 6.61 Å². The van der Waals surface area contributed by atoms with Crippen molar-refractivity contribution in [3.05, 3.63) is 59.1 Å². The first-order valence-corrected chi connectivity index (χ1v) is 11.5. The van der Waals surface area contributed by atoms with Crippen LogP contribution in [0.3, 0.4) is 0 Å². The van der Waals surface area contributed by atoms with E-state index in [9.17, 15) is 22.8 Å². The SMILES string of the molecule is CC(=O)Nc1ccc(S(=O)(=O)NC(C)C(=O)OCC(=O)NCCc2cccc(Cl)c2)cc1. The van der Waals surface area contributed by atoms with Gasteiger partial charge in [0, 0.05) is 24.2 Å². The highest BCUT2D eigenvalue weighted by molar-refractivity contribution is 7.89. The van der Waals surface area contributed by atoms with E-state index in [1.54, 1.807) is 18.2 Å². The van der Waals surface area contributed by atoms with Gasteiger partial charge in [0.25, 0.3) is 5.91 Å². The molecule has 2 aromatic carbocycles. The molecule has 2 rings (SSSR count). The van der Waals surface area contributed by atoms with Crippen LogP contribution in [0, 0.1) is 0 Å². The first kappa shape index (κ1) is 25.3. The molecule has 0 aliphatic carbocycles. The van der Waals surface area contributed by atoms with Crippen LogP contribution < -0.4 is 15.4 Å². The maximum absolute atomic E-state index is 12.4. The van der Waals surface area contributed by atoms with Gasteiger partial charge in [-0.05, 0) is 55.3 Å². The molecule has 2 aromatic rings. The molecule has 0 aliphatic rings. The topological polar surface area (TPSA) is 131 Å². The molecule has 11 heteroatoms. The van der Waals surface area contributed by atoms with E-state index in [2.05, 4.69) is 15.4 Å². The molecule has 0 spiro atoms. The van der Waals surface area contributed by atoms with Gasteiger partial charge in [-0.2, -0.15) is 4.72 Å². The number of rotatable bonds is 10. The highest BCUT2D eigenvalue weighted by Gasteiger charge is 2.23. The van der Waals surface area contributed by atoms with Crippen molar-refractivity contribution in [3.63, 3.8) is 0 Å². The Kier molecular flexibility index (Phi) is 9.18. The molecule has 3 N–H and O–H groups in total. The van der Waals surface area contributed by atoms with Crippen molar-refractivity contribution in [2.45, 2.75) is 31.2 Å². The van der Waals surface area contributed by atoms with Crippen molar-refractivity contribution in [2.24, 2.45) is 0 Å². The third kappa shape index (κ3) is 8.29. The molecule has 0 saturated carbocycles. The second kappa shape index (κ2) is 11.6. The standard InChI is InChI=1S/C21H24ClN3O6S/c1-14(25-32(29,30)19-8-6-18(7-9-19)24-15(2)26)21(28)31-13-20(27)23-11-10-16-4-3-5-17(22)12-16/h3-9,12,14,25H,10-11,13H2,1-2H3,(H,23,27)(H,24,26). The molecule has 0 saturated heterocycles. The molecule has 0 aliphatic heterocycles. The maximum Gasteiger partial charge on any atom is 0.324 e. The summed E-state index contributed by atoms with van der Waals surface area (Å²) in [7, 11) is -4.01. The van der Waals surface area contributed by atoms with Crippen molar-refractivity contribution in [1.82, 2.24) is 10.0 Å². The average Bonchev–Trinajstić information content (AvgIpc) is 2.71. The van der Waals surface area contributed by atoms with E-state index >= 15 is 0 Å². The number of anilines is 1. The number of carbonyl (C=O) groups is 3. The minimum Gasteiger partial charge on any atom is -0.454 e. The molecule has 9 nitrogen and oxygen atoms in total. The van der Waals surface area contributed by atoms with Gasteiger partial charge in [0.1, 0.15) is 6.04 Å². The lowest BCUT2D eigenvalue weighted by Gasteiger charge is -2.14. The zero-order chi connectivity index (χ0) is 23.7. The van der Waals surface area contributed by atoms with Crippen molar-refractivity contribution >= 4 is 45.1 Å². The Morgan fingerprint density at radius 1 is 1.09 bits per heavy atom. The van der Waals surface area contributed by atoms with E-state index in [0.29, 0.717) is 23.7 Å². The van der Waals surface area contributed by atoms with Crippen LogP contribution in [0.4, 0.5) is 5.69 Å². The maximum atomic E-state index is 12.4. The number of hydrogen-bond donors (Lipinski definition) is 3. The largest absolute Gasteiger partial charge is 0.454 e. The summed E-state index contributed by atoms with van der Waals surface area (Å²) in [4.78, 5) is 34.9. The zero-order valence-corrected chi connectivity index (χ0v) is 19.1. The molecular formula is C21H24ClN3O6S. The summed E-state index contributed by atoms with van der Waals surface area (Å²) in [6.45, 7) is 2.43. The molecule has 2 amide bonds. The van der Waals surface area contributed by atoms with E-state index in [1.807, 2.05) is 6.07 Å². The number of carbonyl (C=O) groups excluding carboxylic acids is 3. The number of nitrogens with one attached hydrogen (secondary N) is 3. The van der Waals surface area contributed by atoms with Gasteiger partial charge >= 0.3 is 5.97 Å². The van der Waals surface area contributed by atoms with E-state index in [-0.39, 0.29) is 10.8 Å². The van der Waals surface area contributed by atoms with Crippen molar-refractivity contribution in [3.8, 4) is 0 Å². The quantitative estimate of drug-likeness (QED) is 0.444. The van der Waals surface area contributed by atoms with Gasteiger partial charge in [0.2, 0.25) is 15.9 Å². The number of ether oxygens (including phenoxy) is 1. The summed E-state index contributed by atoms with van der Waals surface area (Å²) in [6.07, 6.45) is 0.553. The van der Waals surface area contributed by atoms with Gasteiger partial charge in [-0.25, -0.2) is 8.42 Å². The van der Waals surface area contributed by atoms with Crippen LogP contribution >= 0.6 is 11.6 Å². The number of amides is 2. The summed E-state index contributed by atoms with van der Waals surface area (Å²) in [6, 6.07) is 11.4.